The fourth-order valence-electron chi connectivity index (χ4n) is 3.06. The molecule has 1 N–H and O–H groups in total. The molecule has 1 heterocycles. The zero-order valence-corrected chi connectivity index (χ0v) is 15.5. The van der Waals surface area contributed by atoms with Crippen molar-refractivity contribution in [1.82, 2.24) is 9.62 Å². The Labute approximate surface area is 157 Å². The predicted octanol–water partition coefficient (Wildman–Crippen LogP) is 3.78. The molecule has 3 rings (SSSR count). The van der Waals surface area contributed by atoms with E-state index < -0.39 is 26.7 Å². The summed E-state index contributed by atoms with van der Waals surface area (Å²) in [5, 5.41) is 0. The number of nitrogens with one attached hydrogen (secondary N) is 1. The highest BCUT2D eigenvalue weighted by atomic mass is 32.2. The number of hydrogen-bond donors (Lipinski definition) is 1. The van der Waals surface area contributed by atoms with E-state index in [2.05, 4.69) is 9.62 Å². The van der Waals surface area contributed by atoms with Crippen LogP contribution in [-0.2, 0) is 29.3 Å². The first kappa shape index (κ1) is 19.9. The molecular formula is C19H21F3N2O2S. The average molecular weight is 398 g/mol. The fourth-order valence-corrected chi connectivity index (χ4v) is 4.13. The lowest BCUT2D eigenvalue weighted by atomic mass is 10.1. The van der Waals surface area contributed by atoms with Crippen molar-refractivity contribution in [3.05, 3.63) is 65.2 Å². The molecule has 1 aliphatic rings. The first-order valence-corrected chi connectivity index (χ1v) is 10.2. The summed E-state index contributed by atoms with van der Waals surface area (Å²) >= 11 is 0. The lowest BCUT2D eigenvalue weighted by Crippen LogP contribution is -2.23. The highest BCUT2D eigenvalue weighted by molar-refractivity contribution is 7.89. The van der Waals surface area contributed by atoms with Crippen molar-refractivity contribution in [1.29, 1.82) is 0 Å². The molecule has 0 amide bonds. The van der Waals surface area contributed by atoms with Gasteiger partial charge in [-0.2, -0.15) is 13.2 Å². The van der Waals surface area contributed by atoms with Crippen molar-refractivity contribution >= 4 is 10.0 Å². The molecule has 0 aromatic heterocycles. The van der Waals surface area contributed by atoms with Crippen LogP contribution in [0.1, 0.15) is 29.5 Å². The van der Waals surface area contributed by atoms with Gasteiger partial charge in [0.05, 0.1) is 10.5 Å². The van der Waals surface area contributed by atoms with Crippen molar-refractivity contribution in [2.75, 3.05) is 13.1 Å². The Morgan fingerprint density at radius 2 is 1.59 bits per heavy atom. The molecule has 2 aromatic rings. The van der Waals surface area contributed by atoms with Crippen LogP contribution in [0.15, 0.2) is 53.4 Å². The minimum Gasteiger partial charge on any atom is -0.299 e. The Morgan fingerprint density at radius 1 is 0.963 bits per heavy atom. The van der Waals surface area contributed by atoms with E-state index in [1.807, 2.05) is 24.3 Å². The van der Waals surface area contributed by atoms with Crippen LogP contribution < -0.4 is 4.72 Å². The van der Waals surface area contributed by atoms with Gasteiger partial charge >= 0.3 is 6.18 Å². The first-order valence-electron chi connectivity index (χ1n) is 8.71. The van der Waals surface area contributed by atoms with E-state index in [1.165, 1.54) is 12.8 Å². The third-order valence-corrected chi connectivity index (χ3v) is 5.96. The van der Waals surface area contributed by atoms with E-state index in [1.54, 1.807) is 0 Å². The van der Waals surface area contributed by atoms with E-state index in [0.29, 0.717) is 6.07 Å². The Kier molecular flexibility index (Phi) is 5.88. The van der Waals surface area contributed by atoms with Crippen molar-refractivity contribution < 1.29 is 21.6 Å². The summed E-state index contributed by atoms with van der Waals surface area (Å²) in [6.45, 7) is 3.08. The summed E-state index contributed by atoms with van der Waals surface area (Å²) in [5.41, 5.74) is 0.911. The van der Waals surface area contributed by atoms with E-state index in [0.717, 1.165) is 49.0 Å². The summed E-state index contributed by atoms with van der Waals surface area (Å²) in [6, 6.07) is 11.3. The number of alkyl halides is 3. The van der Waals surface area contributed by atoms with Crippen LogP contribution in [0.5, 0.6) is 0 Å². The SMILES string of the molecule is O=S(=O)(NCc1ccc(CN2CCCC2)cc1)c1cccc(C(F)(F)F)c1. The number of likely N-dealkylation sites (tertiary alicyclic amines) is 1. The largest absolute Gasteiger partial charge is 0.416 e. The second kappa shape index (κ2) is 8.00. The first-order chi connectivity index (χ1) is 12.7. The van der Waals surface area contributed by atoms with Gasteiger partial charge in [0.15, 0.2) is 0 Å². The number of rotatable bonds is 6. The van der Waals surface area contributed by atoms with Crippen LogP contribution in [0.2, 0.25) is 0 Å². The van der Waals surface area contributed by atoms with Crippen molar-refractivity contribution in [2.45, 2.75) is 37.0 Å². The predicted molar refractivity (Wildman–Crippen MR) is 96.4 cm³/mol. The molecule has 0 saturated carbocycles. The molecule has 0 aliphatic carbocycles. The van der Waals surface area contributed by atoms with Crippen molar-refractivity contribution in [3.8, 4) is 0 Å². The summed E-state index contributed by atoms with van der Waals surface area (Å²) in [4.78, 5) is 1.97. The zero-order valence-electron chi connectivity index (χ0n) is 14.7. The second-order valence-electron chi connectivity index (χ2n) is 6.65. The highest BCUT2D eigenvalue weighted by Crippen LogP contribution is 2.30. The highest BCUT2D eigenvalue weighted by Gasteiger charge is 2.31. The minimum atomic E-state index is -4.59. The van der Waals surface area contributed by atoms with E-state index >= 15 is 0 Å². The molecular weight excluding hydrogens is 377 g/mol. The lowest BCUT2D eigenvalue weighted by Gasteiger charge is -2.15. The topological polar surface area (TPSA) is 49.4 Å². The molecule has 0 bridgehead atoms. The molecule has 1 fully saturated rings. The van der Waals surface area contributed by atoms with Gasteiger partial charge in [0, 0.05) is 13.1 Å². The maximum absolute atomic E-state index is 12.8. The molecule has 0 spiro atoms. The van der Waals surface area contributed by atoms with Crippen LogP contribution in [0.25, 0.3) is 0 Å². The Hall–Kier alpha value is -1.90. The molecule has 2 aromatic carbocycles. The summed E-state index contributed by atoms with van der Waals surface area (Å²) in [5.74, 6) is 0. The van der Waals surface area contributed by atoms with Gasteiger partial charge in [-0.05, 0) is 55.3 Å². The van der Waals surface area contributed by atoms with Crippen LogP contribution in [0, 0.1) is 0 Å². The molecule has 0 atom stereocenters. The van der Waals surface area contributed by atoms with Gasteiger partial charge in [0.25, 0.3) is 0 Å². The number of sulfonamides is 1. The van der Waals surface area contributed by atoms with Gasteiger partial charge in [-0.1, -0.05) is 30.3 Å². The summed E-state index contributed by atoms with van der Waals surface area (Å²) in [7, 11) is -4.03. The standard InChI is InChI=1S/C19H21F3N2O2S/c20-19(21,22)17-4-3-5-18(12-17)27(25,26)23-13-15-6-8-16(9-7-15)14-24-10-1-2-11-24/h3-9,12,23H,1-2,10-11,13-14H2. The number of benzene rings is 2. The Balaban J connectivity index is 1.63. The fraction of sp³-hybridized carbons (Fsp3) is 0.368. The van der Waals surface area contributed by atoms with Gasteiger partial charge in [-0.3, -0.25) is 4.90 Å². The molecule has 4 nitrogen and oxygen atoms in total. The second-order valence-corrected chi connectivity index (χ2v) is 8.42. The number of hydrogen-bond acceptors (Lipinski definition) is 3. The number of nitrogens with zero attached hydrogens (tertiary/aromatic N) is 1. The minimum absolute atomic E-state index is 0.0164. The van der Waals surface area contributed by atoms with Crippen molar-refractivity contribution in [2.24, 2.45) is 0 Å². The third kappa shape index (κ3) is 5.31. The van der Waals surface area contributed by atoms with Gasteiger partial charge in [0.1, 0.15) is 0 Å². The monoisotopic (exact) mass is 398 g/mol. The quantitative estimate of drug-likeness (QED) is 0.806. The Bertz CT molecular complexity index is 875. The maximum Gasteiger partial charge on any atom is 0.416 e. The molecule has 0 radical (unpaired) electrons. The smallest absolute Gasteiger partial charge is 0.299 e. The summed E-state index contributed by atoms with van der Waals surface area (Å²) < 4.78 is 65.3. The Morgan fingerprint density at radius 3 is 2.22 bits per heavy atom. The molecule has 1 saturated heterocycles. The molecule has 1 aliphatic heterocycles. The van der Waals surface area contributed by atoms with Crippen LogP contribution in [-0.4, -0.2) is 26.4 Å². The van der Waals surface area contributed by atoms with E-state index in [-0.39, 0.29) is 6.54 Å². The van der Waals surface area contributed by atoms with Gasteiger partial charge in [0.2, 0.25) is 10.0 Å². The van der Waals surface area contributed by atoms with Crippen LogP contribution >= 0.6 is 0 Å². The van der Waals surface area contributed by atoms with E-state index in [4.69, 9.17) is 0 Å². The number of halogens is 3. The zero-order chi connectivity index (χ0) is 19.5. The maximum atomic E-state index is 12.8. The molecule has 0 unspecified atom stereocenters. The normalized spacial score (nSPS) is 16.0. The molecule has 146 valence electrons. The van der Waals surface area contributed by atoms with Gasteiger partial charge < -0.3 is 0 Å². The van der Waals surface area contributed by atoms with Gasteiger partial charge in [-0.15, -0.1) is 0 Å². The van der Waals surface area contributed by atoms with Gasteiger partial charge in [-0.25, -0.2) is 13.1 Å². The molecule has 27 heavy (non-hydrogen) atoms. The average Bonchev–Trinajstić information content (AvgIpc) is 3.14. The third-order valence-electron chi connectivity index (χ3n) is 4.57. The summed E-state index contributed by atoms with van der Waals surface area (Å²) in [6.07, 6.45) is -2.15. The van der Waals surface area contributed by atoms with Crippen LogP contribution in [0.4, 0.5) is 13.2 Å². The van der Waals surface area contributed by atoms with Crippen molar-refractivity contribution in [3.63, 3.8) is 0 Å². The van der Waals surface area contributed by atoms with E-state index in [9.17, 15) is 21.6 Å². The molecule has 8 heteroatoms. The lowest BCUT2D eigenvalue weighted by molar-refractivity contribution is -0.137. The van der Waals surface area contributed by atoms with Crippen LogP contribution in [0.3, 0.4) is 0 Å².